The van der Waals surface area contributed by atoms with Crippen LogP contribution in [0.15, 0.2) is 9.82 Å². The Balaban J connectivity index is 3.49. The molecule has 1 rings (SSSR count). The number of rotatable bonds is 1. The molecule has 7 heteroatoms. The Morgan fingerprint density at radius 2 is 2.25 bits per heavy atom. The van der Waals surface area contributed by atoms with Gasteiger partial charge in [0.1, 0.15) is 5.82 Å². The van der Waals surface area contributed by atoms with E-state index in [0.717, 1.165) is 0 Å². The molecule has 0 saturated heterocycles. The lowest BCUT2D eigenvalue weighted by atomic mass is 10.5. The Morgan fingerprint density at radius 3 is 2.67 bits per heavy atom. The molecule has 0 amide bonds. The number of nitrogens with one attached hydrogen (secondary N) is 1. The zero-order chi connectivity index (χ0) is 9.30. The maximum Gasteiger partial charge on any atom is 0.365 e. The van der Waals surface area contributed by atoms with E-state index >= 15 is 0 Å². The molecule has 64 valence electrons. The molecule has 1 heterocycles. The van der Waals surface area contributed by atoms with Crippen molar-refractivity contribution >= 4 is 18.3 Å². The maximum absolute atomic E-state index is 10.9. The summed E-state index contributed by atoms with van der Waals surface area (Å²) in [5, 5.41) is 10.1. The highest BCUT2D eigenvalue weighted by molar-refractivity contribution is 7.80. The molecule has 0 aliphatic carbocycles. The summed E-state index contributed by atoms with van der Waals surface area (Å²) in [6, 6.07) is 0. The number of thiol groups is 1. The predicted molar refractivity (Wildman–Crippen MR) is 43.5 cm³/mol. The first-order chi connectivity index (χ1) is 5.52. The minimum Gasteiger partial charge on any atom is -0.305 e. The highest BCUT2D eigenvalue weighted by Crippen LogP contribution is 2.12. The van der Waals surface area contributed by atoms with Gasteiger partial charge in [0, 0.05) is 0 Å². The molecule has 6 nitrogen and oxygen atoms in total. The van der Waals surface area contributed by atoms with Gasteiger partial charge in [-0.3, -0.25) is 14.9 Å². The molecule has 0 atom stereocenters. The van der Waals surface area contributed by atoms with Crippen molar-refractivity contribution in [2.24, 2.45) is 0 Å². The lowest BCUT2D eigenvalue weighted by molar-refractivity contribution is -0.389. The van der Waals surface area contributed by atoms with Crippen LogP contribution in [0.5, 0.6) is 0 Å². The Labute approximate surface area is 72.2 Å². The third-order valence-electron chi connectivity index (χ3n) is 1.18. The highest BCUT2D eigenvalue weighted by atomic mass is 32.1. The number of hydrogen-bond donors (Lipinski definition) is 2. The van der Waals surface area contributed by atoms with Gasteiger partial charge in [-0.2, -0.15) is 0 Å². The second-order valence-electron chi connectivity index (χ2n) is 2.08. The Kier molecular flexibility index (Phi) is 2.13. The number of aromatic nitrogens is 2. The van der Waals surface area contributed by atoms with Crippen LogP contribution in [0.25, 0.3) is 0 Å². The number of aryl methyl sites for hydroxylation is 1. The average Bonchev–Trinajstić information content (AvgIpc) is 1.82. The molecule has 1 aromatic rings. The van der Waals surface area contributed by atoms with Gasteiger partial charge >= 0.3 is 11.2 Å². The van der Waals surface area contributed by atoms with Gasteiger partial charge in [0.2, 0.25) is 0 Å². The summed E-state index contributed by atoms with van der Waals surface area (Å²) in [5.41, 5.74) is -1.40. The van der Waals surface area contributed by atoms with Crippen molar-refractivity contribution in [1.82, 2.24) is 9.97 Å². The minimum atomic E-state index is -0.812. The Bertz CT molecular complexity index is 386. The zero-order valence-electron chi connectivity index (χ0n) is 6.07. The van der Waals surface area contributed by atoms with E-state index in [9.17, 15) is 14.9 Å². The lowest BCUT2D eigenvalue weighted by Crippen LogP contribution is -2.14. The van der Waals surface area contributed by atoms with Crippen molar-refractivity contribution in [3.63, 3.8) is 0 Å². The second-order valence-corrected chi connectivity index (χ2v) is 2.50. The van der Waals surface area contributed by atoms with Crippen molar-refractivity contribution in [1.29, 1.82) is 0 Å². The third kappa shape index (κ3) is 1.45. The van der Waals surface area contributed by atoms with Crippen molar-refractivity contribution in [3.8, 4) is 0 Å². The standard InChI is InChI=1S/C5H5N3O3S/c1-2-6-4(9)3(8(10)11)5(12)7-2/h1H3,(H2,6,7,9,12). The van der Waals surface area contributed by atoms with Crippen LogP contribution >= 0.6 is 12.6 Å². The van der Waals surface area contributed by atoms with E-state index in [0.29, 0.717) is 5.82 Å². The quantitative estimate of drug-likeness (QED) is 0.286. The van der Waals surface area contributed by atoms with Crippen LogP contribution in [-0.2, 0) is 0 Å². The van der Waals surface area contributed by atoms with Crippen LogP contribution in [0.2, 0.25) is 0 Å². The molecule has 0 spiro atoms. The van der Waals surface area contributed by atoms with Crippen molar-refractivity contribution in [2.45, 2.75) is 11.9 Å². The molecule has 0 aromatic carbocycles. The average molecular weight is 187 g/mol. The molecule has 0 bridgehead atoms. The highest BCUT2D eigenvalue weighted by Gasteiger charge is 2.18. The van der Waals surface area contributed by atoms with Gasteiger partial charge in [0.25, 0.3) is 0 Å². The molecule has 0 fully saturated rings. The molecule has 1 aromatic heterocycles. The van der Waals surface area contributed by atoms with Gasteiger partial charge in [-0.1, -0.05) is 0 Å². The zero-order valence-corrected chi connectivity index (χ0v) is 6.96. The molecule has 0 radical (unpaired) electrons. The van der Waals surface area contributed by atoms with Crippen LogP contribution in [0.1, 0.15) is 5.82 Å². The molecular formula is C5H5N3O3S. The number of nitrogens with zero attached hydrogens (tertiary/aromatic N) is 2. The first-order valence-electron chi connectivity index (χ1n) is 2.96. The van der Waals surface area contributed by atoms with E-state index in [1.165, 1.54) is 6.92 Å². The SMILES string of the molecule is Cc1nc(S)c([N+](=O)[O-])c(=O)[nH]1. The van der Waals surface area contributed by atoms with Crippen LogP contribution < -0.4 is 5.56 Å². The van der Waals surface area contributed by atoms with E-state index in [1.54, 1.807) is 0 Å². The van der Waals surface area contributed by atoms with Gasteiger partial charge in [0.05, 0.1) is 4.92 Å². The van der Waals surface area contributed by atoms with E-state index < -0.39 is 16.2 Å². The van der Waals surface area contributed by atoms with E-state index in [-0.39, 0.29) is 5.03 Å². The first kappa shape index (κ1) is 8.72. The monoisotopic (exact) mass is 187 g/mol. The van der Waals surface area contributed by atoms with Crippen LogP contribution in [0.4, 0.5) is 5.69 Å². The third-order valence-corrected chi connectivity index (χ3v) is 1.49. The largest absolute Gasteiger partial charge is 0.365 e. The minimum absolute atomic E-state index is 0.166. The normalized spacial score (nSPS) is 9.83. The van der Waals surface area contributed by atoms with E-state index in [1.807, 2.05) is 0 Å². The van der Waals surface area contributed by atoms with Crippen molar-refractivity contribution in [2.75, 3.05) is 0 Å². The predicted octanol–water partition coefficient (Wildman–Crippen LogP) is 0.275. The summed E-state index contributed by atoms with van der Waals surface area (Å²) in [5.74, 6) is 0.301. The fourth-order valence-corrected chi connectivity index (χ4v) is 1.06. The summed E-state index contributed by atoms with van der Waals surface area (Å²) >= 11 is 3.70. The summed E-state index contributed by atoms with van der Waals surface area (Å²) in [4.78, 5) is 26.2. The lowest BCUT2D eigenvalue weighted by Gasteiger charge is -1.94. The summed E-state index contributed by atoms with van der Waals surface area (Å²) in [6.45, 7) is 1.52. The number of nitro groups is 1. The second kappa shape index (κ2) is 2.94. The fraction of sp³-hybridized carbons (Fsp3) is 0.200. The van der Waals surface area contributed by atoms with Gasteiger partial charge in [-0.15, -0.1) is 12.6 Å². The summed E-state index contributed by atoms with van der Waals surface area (Å²) in [6.07, 6.45) is 0. The van der Waals surface area contributed by atoms with Crippen molar-refractivity contribution in [3.05, 3.63) is 26.3 Å². The van der Waals surface area contributed by atoms with E-state index in [4.69, 9.17) is 0 Å². The molecule has 0 unspecified atom stereocenters. The number of aromatic amines is 1. The molecule has 12 heavy (non-hydrogen) atoms. The number of H-pyrrole nitrogens is 1. The fourth-order valence-electron chi connectivity index (χ4n) is 0.729. The van der Waals surface area contributed by atoms with Crippen LogP contribution in [-0.4, -0.2) is 14.9 Å². The molecule has 0 aliphatic heterocycles. The van der Waals surface area contributed by atoms with Gasteiger partial charge in [-0.05, 0) is 6.92 Å². The smallest absolute Gasteiger partial charge is 0.305 e. The van der Waals surface area contributed by atoms with Gasteiger partial charge < -0.3 is 4.98 Å². The Hall–Kier alpha value is -1.37. The van der Waals surface area contributed by atoms with Crippen LogP contribution in [0.3, 0.4) is 0 Å². The van der Waals surface area contributed by atoms with Gasteiger partial charge in [0.15, 0.2) is 5.03 Å². The summed E-state index contributed by atoms with van der Waals surface area (Å²) < 4.78 is 0. The molecular weight excluding hydrogens is 182 g/mol. The number of hydrogen-bond acceptors (Lipinski definition) is 5. The molecule has 0 saturated carbocycles. The summed E-state index contributed by atoms with van der Waals surface area (Å²) in [7, 11) is 0. The molecule has 0 aliphatic rings. The maximum atomic E-state index is 10.9. The van der Waals surface area contributed by atoms with E-state index in [2.05, 4.69) is 22.6 Å². The van der Waals surface area contributed by atoms with Crippen molar-refractivity contribution < 1.29 is 4.92 Å². The topological polar surface area (TPSA) is 88.9 Å². The van der Waals surface area contributed by atoms with Crippen LogP contribution in [0, 0.1) is 17.0 Å². The molecule has 1 N–H and O–H groups in total. The first-order valence-corrected chi connectivity index (χ1v) is 3.41. The Morgan fingerprint density at radius 1 is 1.67 bits per heavy atom. The van der Waals surface area contributed by atoms with Gasteiger partial charge in [-0.25, -0.2) is 4.98 Å².